The van der Waals surface area contributed by atoms with E-state index < -0.39 is 39.5 Å². The molecule has 3 heterocycles. The number of sulfonamides is 1. The van der Waals surface area contributed by atoms with Gasteiger partial charge in [-0.2, -0.15) is 13.2 Å². The molecule has 18 heteroatoms. The van der Waals surface area contributed by atoms with Gasteiger partial charge in [0.1, 0.15) is 11.4 Å². The van der Waals surface area contributed by atoms with Gasteiger partial charge in [0.05, 0.1) is 15.7 Å². The number of benzene rings is 1. The SMILES string of the molecule is CO[C@H](c1ncc(C)cn1)[C@H](C)S(=O)(=O)N(OC(=O)C(F)(F)F)c1nnc(-c2cncc(C)c2)n1-c1c(Cl)cccc1Cl. The van der Waals surface area contributed by atoms with Gasteiger partial charge in [-0.1, -0.05) is 33.7 Å². The highest BCUT2D eigenvalue weighted by Crippen LogP contribution is 2.38. The van der Waals surface area contributed by atoms with Crippen LogP contribution in [0.5, 0.6) is 0 Å². The fourth-order valence-electron chi connectivity index (χ4n) is 3.86. The molecule has 43 heavy (non-hydrogen) atoms. The number of ether oxygens (including phenoxy) is 1. The summed E-state index contributed by atoms with van der Waals surface area (Å²) in [6.07, 6.45) is -1.37. The molecule has 0 radical (unpaired) electrons. The third-order valence-electron chi connectivity index (χ3n) is 5.94. The predicted molar refractivity (Wildman–Crippen MR) is 149 cm³/mol. The van der Waals surface area contributed by atoms with Crippen LogP contribution in [0.1, 0.15) is 30.0 Å². The molecule has 228 valence electrons. The van der Waals surface area contributed by atoms with Crippen LogP contribution < -0.4 is 4.47 Å². The van der Waals surface area contributed by atoms with Crippen LogP contribution in [0.25, 0.3) is 17.1 Å². The lowest BCUT2D eigenvalue weighted by molar-refractivity contribution is -0.199. The van der Waals surface area contributed by atoms with Crippen molar-refractivity contribution in [2.75, 3.05) is 11.6 Å². The Balaban J connectivity index is 1.99. The Bertz CT molecular complexity index is 1730. The minimum Gasteiger partial charge on any atom is -0.372 e. The first-order valence-electron chi connectivity index (χ1n) is 12.1. The second-order valence-electron chi connectivity index (χ2n) is 9.11. The molecule has 12 nitrogen and oxygen atoms in total. The zero-order valence-corrected chi connectivity index (χ0v) is 25.1. The summed E-state index contributed by atoms with van der Waals surface area (Å²) in [5.74, 6) is -4.01. The minimum absolute atomic E-state index is 0.0641. The Kier molecular flexibility index (Phi) is 9.24. The summed E-state index contributed by atoms with van der Waals surface area (Å²) in [6, 6.07) is 5.87. The molecule has 0 aliphatic rings. The van der Waals surface area contributed by atoms with Crippen LogP contribution in [0, 0.1) is 13.8 Å². The van der Waals surface area contributed by atoms with Crippen molar-refractivity contribution in [1.29, 1.82) is 0 Å². The summed E-state index contributed by atoms with van der Waals surface area (Å²) in [7, 11) is -4.00. The Hall–Kier alpha value is -3.86. The molecular formula is C25H22Cl2F3N7O5S. The highest BCUT2D eigenvalue weighted by molar-refractivity contribution is 7.93. The molecular weight excluding hydrogens is 638 g/mol. The lowest BCUT2D eigenvalue weighted by Crippen LogP contribution is -2.45. The van der Waals surface area contributed by atoms with E-state index in [0.717, 1.165) is 18.6 Å². The molecule has 0 saturated carbocycles. The summed E-state index contributed by atoms with van der Waals surface area (Å²) in [5.41, 5.74) is 1.44. The summed E-state index contributed by atoms with van der Waals surface area (Å²) in [4.78, 5) is 28.9. The maximum Gasteiger partial charge on any atom is 0.493 e. The molecule has 0 saturated heterocycles. The van der Waals surface area contributed by atoms with Crippen molar-refractivity contribution < 1.29 is 36.0 Å². The second-order valence-corrected chi connectivity index (χ2v) is 12.0. The zero-order chi connectivity index (χ0) is 31.7. The molecule has 0 unspecified atom stereocenters. The number of anilines is 1. The smallest absolute Gasteiger partial charge is 0.372 e. The number of pyridine rings is 1. The van der Waals surface area contributed by atoms with Crippen molar-refractivity contribution in [3.63, 3.8) is 0 Å². The molecule has 4 rings (SSSR count). The van der Waals surface area contributed by atoms with Crippen LogP contribution in [-0.2, 0) is 24.4 Å². The first kappa shape index (κ1) is 32.1. The molecule has 0 aliphatic heterocycles. The third-order valence-corrected chi connectivity index (χ3v) is 8.43. The fourth-order valence-corrected chi connectivity index (χ4v) is 5.80. The van der Waals surface area contributed by atoms with E-state index in [0.29, 0.717) is 11.1 Å². The van der Waals surface area contributed by atoms with Gasteiger partial charge in [-0.15, -0.1) is 10.2 Å². The van der Waals surface area contributed by atoms with Crippen LogP contribution in [0.2, 0.25) is 10.0 Å². The number of aromatic nitrogens is 6. The highest BCUT2D eigenvalue weighted by Gasteiger charge is 2.48. The van der Waals surface area contributed by atoms with E-state index in [1.165, 1.54) is 43.0 Å². The second kappa shape index (κ2) is 12.4. The van der Waals surface area contributed by atoms with Gasteiger partial charge in [0.25, 0.3) is 16.0 Å². The van der Waals surface area contributed by atoms with Crippen molar-refractivity contribution in [3.8, 4) is 17.1 Å². The Labute approximate surface area is 253 Å². The molecule has 2 atom stereocenters. The number of carbonyl (C=O) groups is 1. The number of hydrogen-bond acceptors (Lipinski definition) is 10. The number of rotatable bonds is 9. The fraction of sp³-hybridized carbons (Fsp3) is 0.280. The maximum atomic E-state index is 14.1. The lowest BCUT2D eigenvalue weighted by atomic mass is 10.2. The number of aryl methyl sites for hydroxylation is 2. The standard InChI is InChI=1S/C25H22Cl2F3N7O5S/c1-13-8-16(12-31-9-13)22-34-35-24(36(22)19-17(26)6-5-7-18(19)27)37(42-23(38)25(28,29)30)43(39,40)15(3)20(41-4)21-32-10-14(2)11-33-21/h5-12,15,20H,1-4H3/t15-,20-/m0/s1. The maximum absolute atomic E-state index is 14.1. The molecule has 0 bridgehead atoms. The molecule has 1 aromatic carbocycles. The van der Waals surface area contributed by atoms with Gasteiger partial charge in [-0.3, -0.25) is 9.55 Å². The van der Waals surface area contributed by atoms with Crippen molar-refractivity contribution in [3.05, 3.63) is 76.0 Å². The average Bonchev–Trinajstić information content (AvgIpc) is 3.36. The Morgan fingerprint density at radius 3 is 2.21 bits per heavy atom. The van der Waals surface area contributed by atoms with Crippen LogP contribution in [0.15, 0.2) is 49.1 Å². The van der Waals surface area contributed by atoms with E-state index in [1.54, 1.807) is 19.9 Å². The van der Waals surface area contributed by atoms with Crippen molar-refractivity contribution in [2.45, 2.75) is 38.3 Å². The van der Waals surface area contributed by atoms with E-state index in [-0.39, 0.29) is 37.4 Å². The average molecular weight is 660 g/mol. The van der Waals surface area contributed by atoms with Gasteiger partial charge in [-0.25, -0.2) is 23.2 Å². The third kappa shape index (κ3) is 6.56. The number of para-hydroxylation sites is 1. The minimum atomic E-state index is -5.60. The van der Waals surface area contributed by atoms with E-state index in [2.05, 4.69) is 30.0 Å². The van der Waals surface area contributed by atoms with Gasteiger partial charge in [-0.05, 0) is 50.1 Å². The number of halogens is 5. The number of methoxy groups -OCH3 is 1. The molecule has 0 spiro atoms. The molecule has 3 aromatic heterocycles. The topological polar surface area (TPSA) is 142 Å². The van der Waals surface area contributed by atoms with Gasteiger partial charge in [0.15, 0.2) is 11.6 Å². The quantitative estimate of drug-likeness (QED) is 0.226. The van der Waals surface area contributed by atoms with Crippen molar-refractivity contribution >= 4 is 45.1 Å². The number of nitrogens with zero attached hydrogens (tertiary/aromatic N) is 7. The van der Waals surface area contributed by atoms with E-state index in [1.807, 2.05) is 0 Å². The van der Waals surface area contributed by atoms with Gasteiger partial charge in [0.2, 0.25) is 0 Å². The molecule has 0 amide bonds. The summed E-state index contributed by atoms with van der Waals surface area (Å²) >= 11 is 12.9. The van der Waals surface area contributed by atoms with Crippen LogP contribution in [0.3, 0.4) is 0 Å². The predicted octanol–water partition coefficient (Wildman–Crippen LogP) is 4.98. The van der Waals surface area contributed by atoms with Gasteiger partial charge >= 0.3 is 12.1 Å². The zero-order valence-electron chi connectivity index (χ0n) is 22.7. The Morgan fingerprint density at radius 2 is 1.65 bits per heavy atom. The summed E-state index contributed by atoms with van der Waals surface area (Å²) < 4.78 is 74.6. The normalized spacial score (nSPS) is 13.4. The number of alkyl halides is 3. The Morgan fingerprint density at radius 1 is 1.02 bits per heavy atom. The lowest BCUT2D eigenvalue weighted by Gasteiger charge is -2.28. The monoisotopic (exact) mass is 659 g/mol. The molecule has 0 fully saturated rings. The van der Waals surface area contributed by atoms with Crippen LogP contribution >= 0.6 is 23.2 Å². The largest absolute Gasteiger partial charge is 0.493 e. The highest BCUT2D eigenvalue weighted by atomic mass is 35.5. The van der Waals surface area contributed by atoms with Gasteiger partial charge < -0.3 is 9.57 Å². The molecule has 0 N–H and O–H groups in total. The molecule has 4 aromatic rings. The van der Waals surface area contributed by atoms with Gasteiger partial charge in [0, 0.05) is 37.5 Å². The number of carbonyl (C=O) groups excluding carboxylic acids is 1. The first-order valence-corrected chi connectivity index (χ1v) is 14.4. The van der Waals surface area contributed by atoms with Crippen molar-refractivity contribution in [1.82, 2.24) is 29.7 Å². The van der Waals surface area contributed by atoms with E-state index >= 15 is 0 Å². The van der Waals surface area contributed by atoms with E-state index in [9.17, 15) is 26.4 Å². The molecule has 0 aliphatic carbocycles. The van der Waals surface area contributed by atoms with E-state index in [4.69, 9.17) is 27.9 Å². The van der Waals surface area contributed by atoms with Crippen LogP contribution in [-0.4, -0.2) is 62.6 Å². The van der Waals surface area contributed by atoms with Crippen molar-refractivity contribution in [2.24, 2.45) is 0 Å². The number of hydrogen-bond donors (Lipinski definition) is 0. The summed E-state index contributed by atoms with van der Waals surface area (Å²) in [6.45, 7) is 4.51. The van der Waals surface area contributed by atoms with Crippen LogP contribution in [0.4, 0.5) is 19.1 Å². The first-order chi connectivity index (χ1) is 20.2. The summed E-state index contributed by atoms with van der Waals surface area (Å²) in [5, 5.41) is 5.95.